The Kier molecular flexibility index (Phi) is 7.21. The van der Waals surface area contributed by atoms with E-state index >= 15 is 0 Å². The van der Waals surface area contributed by atoms with Crippen molar-refractivity contribution in [1.82, 2.24) is 10.2 Å². The van der Waals surface area contributed by atoms with Crippen molar-refractivity contribution >= 4 is 29.1 Å². The molecule has 8 heteroatoms. The number of anilines is 1. The molecule has 0 radical (unpaired) electrons. The molecule has 1 aliphatic heterocycles. The van der Waals surface area contributed by atoms with Gasteiger partial charge in [0.25, 0.3) is 5.71 Å². The van der Waals surface area contributed by atoms with Crippen LogP contribution in [0.25, 0.3) is 0 Å². The lowest BCUT2D eigenvalue weighted by atomic mass is 9.75. The van der Waals surface area contributed by atoms with E-state index in [2.05, 4.69) is 31.4 Å². The average Bonchev–Trinajstić information content (AvgIpc) is 3.13. The molecule has 1 saturated heterocycles. The highest BCUT2D eigenvalue weighted by Crippen LogP contribution is 2.35. The summed E-state index contributed by atoms with van der Waals surface area (Å²) in [4.78, 5) is 39.3. The molecule has 1 aliphatic carbocycles. The SMILES string of the molecule is C[C@H]1C[C@@H](C(=O)NC2CCCC(C)(C)C2)N(C(=O)CNc2ccccc2C(=[NH2+])C(N)=O)C1. The third kappa shape index (κ3) is 5.66. The molecule has 0 aromatic heterocycles. The van der Waals surface area contributed by atoms with Crippen LogP contribution in [0.5, 0.6) is 0 Å². The predicted octanol–water partition coefficient (Wildman–Crippen LogP) is 0.454. The first-order valence-electron chi connectivity index (χ1n) is 11.4. The van der Waals surface area contributed by atoms with Crippen LogP contribution < -0.4 is 21.8 Å². The van der Waals surface area contributed by atoms with Gasteiger partial charge >= 0.3 is 5.91 Å². The Bertz CT molecular complexity index is 897. The Morgan fingerprint density at radius 2 is 1.97 bits per heavy atom. The standard InChI is InChI=1S/C24H35N5O3/c1-15-11-19(23(32)28-16-7-6-10-24(2,3)12-16)29(14-15)20(30)13-27-18-9-5-4-8-17(18)21(25)22(26)31/h4-5,8-9,15-16,19,25,27H,6-7,10-14H2,1-3H3,(H2,26,31)(H,28,32)/p+1/t15-,16?,19-/m0/s1. The van der Waals surface area contributed by atoms with E-state index < -0.39 is 11.9 Å². The number of hydrogen-bond acceptors (Lipinski definition) is 4. The zero-order valence-electron chi connectivity index (χ0n) is 19.3. The molecule has 2 fully saturated rings. The highest BCUT2D eigenvalue weighted by atomic mass is 16.2. The van der Waals surface area contributed by atoms with Gasteiger partial charge in [-0.1, -0.05) is 39.3 Å². The highest BCUT2D eigenvalue weighted by molar-refractivity contribution is 6.43. The van der Waals surface area contributed by atoms with E-state index in [1.807, 2.05) is 0 Å². The van der Waals surface area contributed by atoms with Crippen molar-refractivity contribution in [3.63, 3.8) is 0 Å². The number of nitrogens with one attached hydrogen (secondary N) is 2. The topological polar surface area (TPSA) is 130 Å². The van der Waals surface area contributed by atoms with Crippen molar-refractivity contribution in [1.29, 1.82) is 0 Å². The van der Waals surface area contributed by atoms with Crippen molar-refractivity contribution < 1.29 is 19.8 Å². The number of hydrogen-bond donors (Lipinski definition) is 4. The van der Waals surface area contributed by atoms with E-state index in [-0.39, 0.29) is 41.4 Å². The van der Waals surface area contributed by atoms with Gasteiger partial charge in [-0.2, -0.15) is 0 Å². The van der Waals surface area contributed by atoms with Gasteiger partial charge in [0.05, 0.1) is 12.1 Å². The van der Waals surface area contributed by atoms with Crippen LogP contribution >= 0.6 is 0 Å². The van der Waals surface area contributed by atoms with Gasteiger partial charge < -0.3 is 21.3 Å². The summed E-state index contributed by atoms with van der Waals surface area (Å²) < 4.78 is 0. The second-order valence-electron chi connectivity index (χ2n) is 10.0. The molecule has 8 nitrogen and oxygen atoms in total. The third-order valence-corrected chi connectivity index (χ3v) is 6.60. The number of amides is 3. The second-order valence-corrected chi connectivity index (χ2v) is 10.0. The summed E-state index contributed by atoms with van der Waals surface area (Å²) in [5, 5.41) is 12.1. The minimum atomic E-state index is -0.721. The number of para-hydroxylation sites is 1. The lowest BCUT2D eigenvalue weighted by Crippen LogP contribution is -2.51. The van der Waals surface area contributed by atoms with Gasteiger partial charge in [-0.15, -0.1) is 0 Å². The molecule has 1 saturated carbocycles. The van der Waals surface area contributed by atoms with Gasteiger partial charge in [0.1, 0.15) is 6.04 Å². The number of carbonyl (C=O) groups is 3. The van der Waals surface area contributed by atoms with E-state index in [1.165, 1.54) is 6.42 Å². The minimum absolute atomic E-state index is 0.00395. The van der Waals surface area contributed by atoms with Crippen molar-refractivity contribution in [2.45, 2.75) is 65.0 Å². The Hall–Kier alpha value is -2.90. The summed E-state index contributed by atoms with van der Waals surface area (Å²) in [6, 6.07) is 6.64. The van der Waals surface area contributed by atoms with Crippen LogP contribution in [0.3, 0.4) is 0 Å². The molecule has 1 heterocycles. The lowest BCUT2D eigenvalue weighted by Gasteiger charge is -2.36. The highest BCUT2D eigenvalue weighted by Gasteiger charge is 2.39. The smallest absolute Gasteiger partial charge is 0.313 e. The van der Waals surface area contributed by atoms with E-state index in [4.69, 9.17) is 11.1 Å². The molecule has 3 rings (SSSR count). The summed E-state index contributed by atoms with van der Waals surface area (Å²) in [7, 11) is 0. The summed E-state index contributed by atoms with van der Waals surface area (Å²) in [6.45, 7) is 7.08. The van der Waals surface area contributed by atoms with Crippen molar-refractivity contribution in [2.75, 3.05) is 18.4 Å². The van der Waals surface area contributed by atoms with Crippen molar-refractivity contribution in [3.8, 4) is 0 Å². The fraction of sp³-hybridized carbons (Fsp3) is 0.583. The first-order valence-corrected chi connectivity index (χ1v) is 11.4. The zero-order valence-corrected chi connectivity index (χ0v) is 19.3. The summed E-state index contributed by atoms with van der Waals surface area (Å²) >= 11 is 0. The predicted molar refractivity (Wildman–Crippen MR) is 124 cm³/mol. The first kappa shape index (κ1) is 23.8. The molecule has 1 aromatic rings. The Balaban J connectivity index is 1.64. The molecule has 3 atom stereocenters. The maximum absolute atomic E-state index is 13.1. The molecule has 0 bridgehead atoms. The molecule has 6 N–H and O–H groups in total. The molecule has 3 amide bonds. The molecule has 1 unspecified atom stereocenters. The van der Waals surface area contributed by atoms with Crippen LogP contribution in [-0.2, 0) is 14.4 Å². The Morgan fingerprint density at radius 3 is 2.66 bits per heavy atom. The normalized spacial score (nSPS) is 24.6. The zero-order chi connectivity index (χ0) is 23.5. The van der Waals surface area contributed by atoms with Gasteiger partial charge in [-0.25, -0.2) is 5.41 Å². The van der Waals surface area contributed by atoms with Crippen LogP contribution in [0.1, 0.15) is 58.4 Å². The summed E-state index contributed by atoms with van der Waals surface area (Å²) in [5.74, 6) is -0.687. The third-order valence-electron chi connectivity index (χ3n) is 6.60. The van der Waals surface area contributed by atoms with Crippen LogP contribution in [0.4, 0.5) is 5.69 Å². The molecule has 2 aliphatic rings. The van der Waals surface area contributed by atoms with Gasteiger partial charge in [-0.3, -0.25) is 14.4 Å². The molecule has 0 spiro atoms. The van der Waals surface area contributed by atoms with Crippen molar-refractivity contribution in [2.24, 2.45) is 17.1 Å². The molecular weight excluding hydrogens is 406 g/mol. The number of likely N-dealkylation sites (tertiary alicyclic amines) is 1. The lowest BCUT2D eigenvalue weighted by molar-refractivity contribution is -0.137. The van der Waals surface area contributed by atoms with E-state index in [0.29, 0.717) is 24.2 Å². The second kappa shape index (κ2) is 9.71. The Morgan fingerprint density at radius 1 is 1.25 bits per heavy atom. The van der Waals surface area contributed by atoms with Crippen LogP contribution in [0.2, 0.25) is 0 Å². The molecule has 174 valence electrons. The maximum Gasteiger partial charge on any atom is 0.313 e. The first-order chi connectivity index (χ1) is 15.1. The van der Waals surface area contributed by atoms with Crippen LogP contribution in [-0.4, -0.2) is 53.5 Å². The fourth-order valence-electron chi connectivity index (χ4n) is 4.97. The molecular formula is C24H36N5O3+. The van der Waals surface area contributed by atoms with Gasteiger partial charge in [0, 0.05) is 18.3 Å². The number of nitrogens with two attached hydrogens (primary N) is 2. The van der Waals surface area contributed by atoms with Crippen molar-refractivity contribution in [3.05, 3.63) is 29.8 Å². The number of carbonyl (C=O) groups excluding carboxylic acids is 3. The number of primary amides is 1. The monoisotopic (exact) mass is 442 g/mol. The van der Waals surface area contributed by atoms with Gasteiger partial charge in [0.15, 0.2) is 0 Å². The molecule has 1 aromatic carbocycles. The average molecular weight is 443 g/mol. The molecule has 32 heavy (non-hydrogen) atoms. The number of nitrogens with zero attached hydrogens (tertiary/aromatic N) is 1. The minimum Gasteiger partial charge on any atom is -0.375 e. The van der Waals surface area contributed by atoms with E-state index in [0.717, 1.165) is 19.3 Å². The summed E-state index contributed by atoms with van der Waals surface area (Å²) in [6.07, 6.45) is 4.89. The van der Waals surface area contributed by atoms with E-state index in [9.17, 15) is 14.4 Å². The van der Waals surface area contributed by atoms with Gasteiger partial charge in [-0.05, 0) is 49.1 Å². The largest absolute Gasteiger partial charge is 0.375 e. The van der Waals surface area contributed by atoms with E-state index in [1.54, 1.807) is 29.2 Å². The summed E-state index contributed by atoms with van der Waals surface area (Å²) in [5.41, 5.74) is 6.48. The van der Waals surface area contributed by atoms with Crippen LogP contribution in [0, 0.1) is 11.3 Å². The Labute approximate surface area is 189 Å². The number of benzene rings is 1. The quantitative estimate of drug-likeness (QED) is 0.457. The van der Waals surface area contributed by atoms with Crippen LogP contribution in [0.15, 0.2) is 24.3 Å². The number of rotatable bonds is 7. The van der Waals surface area contributed by atoms with Gasteiger partial charge in [0.2, 0.25) is 11.8 Å². The fourth-order valence-corrected chi connectivity index (χ4v) is 4.97. The maximum atomic E-state index is 13.1.